The fraction of sp³-hybridized carbons (Fsp3) is 0.500. The van der Waals surface area contributed by atoms with Crippen LogP contribution in [0.1, 0.15) is 50.2 Å². The highest BCUT2D eigenvalue weighted by Gasteiger charge is 2.32. The largest absolute Gasteiger partial charge is 0.462 e. The Kier molecular flexibility index (Phi) is 2.99. The third-order valence-corrected chi connectivity index (χ3v) is 3.30. The Labute approximate surface area is 96.6 Å². The van der Waals surface area contributed by atoms with Crippen LogP contribution in [0.4, 0.5) is 0 Å². The Morgan fingerprint density at radius 1 is 1.25 bits per heavy atom. The molecule has 16 heavy (non-hydrogen) atoms. The summed E-state index contributed by atoms with van der Waals surface area (Å²) in [6, 6.07) is 8.54. The lowest BCUT2D eigenvalue weighted by Gasteiger charge is -2.14. The van der Waals surface area contributed by atoms with Gasteiger partial charge in [-0.2, -0.15) is 0 Å². The van der Waals surface area contributed by atoms with Gasteiger partial charge in [0.15, 0.2) is 0 Å². The van der Waals surface area contributed by atoms with Crippen LogP contribution >= 0.6 is 0 Å². The van der Waals surface area contributed by atoms with E-state index in [4.69, 9.17) is 4.74 Å². The number of esters is 1. The Hall–Kier alpha value is -1.31. The summed E-state index contributed by atoms with van der Waals surface area (Å²) in [4.78, 5) is 11.2. The topological polar surface area (TPSA) is 26.3 Å². The maximum absolute atomic E-state index is 11.2. The first-order valence-corrected chi connectivity index (χ1v) is 5.87. The standard InChI is InChI=1S/C14H18O2/c1-9(2)11-4-6-12(7-5-11)13-8-14(15)16-10(13)3/h4-7,9-10,13H,8H2,1-3H3/t10?,13-/m0/s1. The number of hydrogen-bond donors (Lipinski definition) is 0. The van der Waals surface area contributed by atoms with Crippen molar-refractivity contribution < 1.29 is 9.53 Å². The van der Waals surface area contributed by atoms with E-state index < -0.39 is 0 Å². The minimum Gasteiger partial charge on any atom is -0.462 e. The lowest BCUT2D eigenvalue weighted by atomic mass is 9.91. The lowest BCUT2D eigenvalue weighted by molar-refractivity contribution is -0.140. The molecule has 2 rings (SSSR count). The van der Waals surface area contributed by atoms with Crippen LogP contribution in [0.5, 0.6) is 0 Å². The number of cyclic esters (lactones) is 1. The second-order valence-electron chi connectivity index (χ2n) is 4.83. The molecule has 1 aliphatic heterocycles. The first kappa shape index (κ1) is 11.2. The summed E-state index contributed by atoms with van der Waals surface area (Å²) >= 11 is 0. The molecule has 2 nitrogen and oxygen atoms in total. The van der Waals surface area contributed by atoms with Crippen molar-refractivity contribution >= 4 is 5.97 Å². The van der Waals surface area contributed by atoms with Crippen molar-refractivity contribution in [1.29, 1.82) is 0 Å². The molecular weight excluding hydrogens is 200 g/mol. The number of carbonyl (C=O) groups is 1. The van der Waals surface area contributed by atoms with E-state index in [9.17, 15) is 4.79 Å². The molecule has 1 aromatic carbocycles. The average Bonchev–Trinajstić information content (AvgIpc) is 2.58. The molecule has 0 aromatic heterocycles. The van der Waals surface area contributed by atoms with Gasteiger partial charge in [0.25, 0.3) is 0 Å². The van der Waals surface area contributed by atoms with Crippen LogP contribution < -0.4 is 0 Å². The summed E-state index contributed by atoms with van der Waals surface area (Å²) < 4.78 is 5.17. The molecule has 1 saturated heterocycles. The van der Waals surface area contributed by atoms with Crippen LogP contribution in [0.2, 0.25) is 0 Å². The second-order valence-corrected chi connectivity index (χ2v) is 4.83. The third kappa shape index (κ3) is 2.11. The van der Waals surface area contributed by atoms with Gasteiger partial charge in [-0.15, -0.1) is 0 Å². The number of carbonyl (C=O) groups excluding carboxylic acids is 1. The summed E-state index contributed by atoms with van der Waals surface area (Å²) in [6.07, 6.45) is 0.528. The second kappa shape index (κ2) is 4.28. The maximum atomic E-state index is 11.2. The van der Waals surface area contributed by atoms with E-state index in [2.05, 4.69) is 38.1 Å². The van der Waals surface area contributed by atoms with Gasteiger partial charge in [0.05, 0.1) is 6.42 Å². The maximum Gasteiger partial charge on any atom is 0.306 e. The third-order valence-electron chi connectivity index (χ3n) is 3.30. The van der Waals surface area contributed by atoms with Gasteiger partial charge in [-0.05, 0) is 24.0 Å². The predicted octanol–water partition coefficient (Wildman–Crippen LogP) is 3.23. The van der Waals surface area contributed by atoms with Gasteiger partial charge in [0, 0.05) is 5.92 Å². The number of benzene rings is 1. The van der Waals surface area contributed by atoms with E-state index in [0.29, 0.717) is 12.3 Å². The molecular formula is C14H18O2. The Balaban J connectivity index is 2.19. The molecule has 2 heteroatoms. The fourth-order valence-corrected chi connectivity index (χ4v) is 2.20. The molecule has 86 valence electrons. The summed E-state index contributed by atoms with van der Waals surface area (Å²) in [6.45, 7) is 6.32. The highest BCUT2D eigenvalue weighted by atomic mass is 16.5. The van der Waals surface area contributed by atoms with Crippen LogP contribution in [0.25, 0.3) is 0 Å². The molecule has 0 amide bonds. The molecule has 0 saturated carbocycles. The van der Waals surface area contributed by atoms with E-state index >= 15 is 0 Å². The lowest BCUT2D eigenvalue weighted by Crippen LogP contribution is -2.09. The SMILES string of the molecule is CC(C)c1ccc([C@H]2CC(=O)OC2C)cc1. The molecule has 0 spiro atoms. The first-order chi connectivity index (χ1) is 7.58. The van der Waals surface area contributed by atoms with Crippen molar-refractivity contribution in [1.82, 2.24) is 0 Å². The molecule has 1 unspecified atom stereocenters. The summed E-state index contributed by atoms with van der Waals surface area (Å²) in [5, 5.41) is 0. The summed E-state index contributed by atoms with van der Waals surface area (Å²) in [5.41, 5.74) is 2.55. The molecule has 2 atom stereocenters. The molecule has 1 fully saturated rings. The Morgan fingerprint density at radius 3 is 2.31 bits per heavy atom. The fourth-order valence-electron chi connectivity index (χ4n) is 2.20. The van der Waals surface area contributed by atoms with Crippen LogP contribution in [0, 0.1) is 0 Å². The zero-order valence-corrected chi connectivity index (χ0v) is 10.1. The van der Waals surface area contributed by atoms with E-state index in [-0.39, 0.29) is 18.0 Å². The quantitative estimate of drug-likeness (QED) is 0.712. The number of ether oxygens (including phenoxy) is 1. The van der Waals surface area contributed by atoms with Gasteiger partial charge in [-0.25, -0.2) is 0 Å². The van der Waals surface area contributed by atoms with E-state index in [1.807, 2.05) is 6.92 Å². The van der Waals surface area contributed by atoms with E-state index in [0.717, 1.165) is 0 Å². The molecule has 0 aliphatic carbocycles. The van der Waals surface area contributed by atoms with Crippen LogP contribution in [-0.4, -0.2) is 12.1 Å². The summed E-state index contributed by atoms with van der Waals surface area (Å²) in [5.74, 6) is 0.701. The van der Waals surface area contributed by atoms with Crippen LogP contribution in [0.15, 0.2) is 24.3 Å². The van der Waals surface area contributed by atoms with Crippen LogP contribution in [0.3, 0.4) is 0 Å². The van der Waals surface area contributed by atoms with Crippen molar-refractivity contribution in [3.05, 3.63) is 35.4 Å². The van der Waals surface area contributed by atoms with Gasteiger partial charge >= 0.3 is 5.97 Å². The predicted molar refractivity (Wildman–Crippen MR) is 63.4 cm³/mol. The summed E-state index contributed by atoms with van der Waals surface area (Å²) in [7, 11) is 0. The molecule has 0 bridgehead atoms. The minimum atomic E-state index is -0.0783. The normalized spacial score (nSPS) is 24.9. The van der Waals surface area contributed by atoms with Crippen molar-refractivity contribution in [2.24, 2.45) is 0 Å². The molecule has 1 aliphatic rings. The molecule has 1 aromatic rings. The van der Waals surface area contributed by atoms with E-state index in [1.54, 1.807) is 0 Å². The molecule has 0 radical (unpaired) electrons. The molecule has 0 N–H and O–H groups in total. The smallest absolute Gasteiger partial charge is 0.306 e. The average molecular weight is 218 g/mol. The van der Waals surface area contributed by atoms with Crippen molar-refractivity contribution in [2.45, 2.75) is 45.1 Å². The highest BCUT2D eigenvalue weighted by Crippen LogP contribution is 2.32. The van der Waals surface area contributed by atoms with Crippen molar-refractivity contribution in [2.75, 3.05) is 0 Å². The van der Waals surface area contributed by atoms with Gasteiger partial charge < -0.3 is 4.74 Å². The number of rotatable bonds is 2. The minimum absolute atomic E-state index is 0.0115. The first-order valence-electron chi connectivity index (χ1n) is 5.87. The van der Waals surface area contributed by atoms with Crippen molar-refractivity contribution in [3.63, 3.8) is 0 Å². The monoisotopic (exact) mass is 218 g/mol. The van der Waals surface area contributed by atoms with Crippen molar-refractivity contribution in [3.8, 4) is 0 Å². The Bertz CT molecular complexity index is 378. The van der Waals surface area contributed by atoms with Gasteiger partial charge in [0.2, 0.25) is 0 Å². The van der Waals surface area contributed by atoms with Gasteiger partial charge in [0.1, 0.15) is 6.10 Å². The van der Waals surface area contributed by atoms with Gasteiger partial charge in [-0.1, -0.05) is 38.1 Å². The molecule has 1 heterocycles. The Morgan fingerprint density at radius 2 is 1.88 bits per heavy atom. The highest BCUT2D eigenvalue weighted by molar-refractivity contribution is 5.73. The zero-order chi connectivity index (χ0) is 11.7. The van der Waals surface area contributed by atoms with Gasteiger partial charge in [-0.3, -0.25) is 4.79 Å². The van der Waals surface area contributed by atoms with E-state index in [1.165, 1.54) is 11.1 Å². The zero-order valence-electron chi connectivity index (χ0n) is 10.1. The van der Waals surface area contributed by atoms with Crippen LogP contribution in [-0.2, 0) is 9.53 Å². The number of hydrogen-bond acceptors (Lipinski definition) is 2.